The van der Waals surface area contributed by atoms with Crippen molar-refractivity contribution in [3.63, 3.8) is 0 Å². The van der Waals surface area contributed by atoms with Gasteiger partial charge in [0.1, 0.15) is 5.82 Å². The molecule has 1 aromatic heterocycles. The Morgan fingerprint density at radius 1 is 1.50 bits per heavy atom. The Morgan fingerprint density at radius 3 is 2.94 bits per heavy atom. The van der Waals surface area contributed by atoms with E-state index in [9.17, 15) is 0 Å². The molecule has 3 heteroatoms. The first-order valence-corrected chi connectivity index (χ1v) is 6.35. The quantitative estimate of drug-likeness (QED) is 0.781. The summed E-state index contributed by atoms with van der Waals surface area (Å²) in [6, 6.07) is 0. The van der Waals surface area contributed by atoms with Crippen LogP contribution in [0.1, 0.15) is 32.5 Å². The van der Waals surface area contributed by atoms with Crippen LogP contribution in [0.5, 0.6) is 0 Å². The zero-order valence-corrected chi connectivity index (χ0v) is 10.7. The number of piperidine rings is 1. The molecule has 0 aromatic carbocycles. The van der Waals surface area contributed by atoms with Crippen molar-refractivity contribution >= 4 is 0 Å². The third kappa shape index (κ3) is 2.64. The van der Waals surface area contributed by atoms with Gasteiger partial charge in [0.25, 0.3) is 0 Å². The SMILES string of the molecule is CC(C)[C@H]1CCCN(Cc2nccn2C)C1. The van der Waals surface area contributed by atoms with Crippen LogP contribution in [0.4, 0.5) is 0 Å². The van der Waals surface area contributed by atoms with Gasteiger partial charge in [0.15, 0.2) is 0 Å². The molecule has 0 aliphatic carbocycles. The number of aromatic nitrogens is 2. The van der Waals surface area contributed by atoms with Gasteiger partial charge in [-0.05, 0) is 31.2 Å². The van der Waals surface area contributed by atoms with Crippen molar-refractivity contribution < 1.29 is 0 Å². The van der Waals surface area contributed by atoms with E-state index in [4.69, 9.17) is 0 Å². The Kier molecular flexibility index (Phi) is 3.64. The Morgan fingerprint density at radius 2 is 2.31 bits per heavy atom. The third-order valence-electron chi connectivity index (χ3n) is 3.77. The lowest BCUT2D eigenvalue weighted by Gasteiger charge is -2.34. The van der Waals surface area contributed by atoms with E-state index in [0.717, 1.165) is 18.4 Å². The van der Waals surface area contributed by atoms with Gasteiger partial charge in [0.05, 0.1) is 6.54 Å². The topological polar surface area (TPSA) is 21.1 Å². The smallest absolute Gasteiger partial charge is 0.122 e. The summed E-state index contributed by atoms with van der Waals surface area (Å²) in [4.78, 5) is 6.95. The van der Waals surface area contributed by atoms with E-state index in [-0.39, 0.29) is 0 Å². The molecule has 1 aliphatic rings. The molecule has 16 heavy (non-hydrogen) atoms. The minimum absolute atomic E-state index is 0.809. The zero-order chi connectivity index (χ0) is 11.5. The summed E-state index contributed by atoms with van der Waals surface area (Å²) in [5.41, 5.74) is 0. The molecule has 0 amide bonds. The van der Waals surface area contributed by atoms with Gasteiger partial charge in [0, 0.05) is 26.0 Å². The van der Waals surface area contributed by atoms with Crippen LogP contribution >= 0.6 is 0 Å². The van der Waals surface area contributed by atoms with E-state index in [1.807, 2.05) is 12.4 Å². The lowest BCUT2D eigenvalue weighted by Crippen LogP contribution is -2.37. The number of aryl methyl sites for hydroxylation is 1. The van der Waals surface area contributed by atoms with Gasteiger partial charge in [0.2, 0.25) is 0 Å². The number of likely N-dealkylation sites (tertiary alicyclic amines) is 1. The second-order valence-electron chi connectivity index (χ2n) is 5.34. The average molecular weight is 221 g/mol. The molecule has 0 saturated carbocycles. The average Bonchev–Trinajstić information content (AvgIpc) is 2.65. The monoisotopic (exact) mass is 221 g/mol. The van der Waals surface area contributed by atoms with Crippen molar-refractivity contribution in [3.8, 4) is 0 Å². The molecule has 2 heterocycles. The van der Waals surface area contributed by atoms with E-state index in [1.165, 1.54) is 31.8 Å². The van der Waals surface area contributed by atoms with Crippen LogP contribution < -0.4 is 0 Å². The second kappa shape index (κ2) is 5.00. The highest BCUT2D eigenvalue weighted by molar-refractivity contribution is 4.91. The maximum atomic E-state index is 4.40. The number of hydrogen-bond donors (Lipinski definition) is 0. The number of imidazole rings is 1. The fraction of sp³-hybridized carbons (Fsp3) is 0.769. The molecule has 0 unspecified atom stereocenters. The van der Waals surface area contributed by atoms with E-state index in [1.54, 1.807) is 0 Å². The Bertz CT molecular complexity index is 330. The Hall–Kier alpha value is -0.830. The van der Waals surface area contributed by atoms with Crippen molar-refractivity contribution in [3.05, 3.63) is 18.2 Å². The molecule has 1 saturated heterocycles. The summed E-state index contributed by atoms with van der Waals surface area (Å²) in [6.07, 6.45) is 6.65. The van der Waals surface area contributed by atoms with E-state index in [0.29, 0.717) is 0 Å². The standard InChI is InChI=1S/C13H23N3/c1-11(2)12-5-4-7-16(9-12)10-13-14-6-8-15(13)3/h6,8,11-12H,4-5,7,9-10H2,1-3H3/t12-/m0/s1. The molecular weight excluding hydrogens is 198 g/mol. The summed E-state index contributed by atoms with van der Waals surface area (Å²) in [5.74, 6) is 2.86. The Labute approximate surface area is 98.5 Å². The molecule has 1 atom stereocenters. The molecule has 0 spiro atoms. The summed E-state index contributed by atoms with van der Waals surface area (Å²) in [6.45, 7) is 8.16. The molecule has 0 N–H and O–H groups in total. The van der Waals surface area contributed by atoms with Crippen molar-refractivity contribution in [2.75, 3.05) is 13.1 Å². The molecule has 0 radical (unpaired) electrons. The van der Waals surface area contributed by atoms with Crippen LogP contribution in [0.15, 0.2) is 12.4 Å². The summed E-state index contributed by atoms with van der Waals surface area (Å²) < 4.78 is 2.12. The minimum Gasteiger partial charge on any atom is -0.337 e. The Balaban J connectivity index is 1.93. The van der Waals surface area contributed by atoms with Crippen LogP contribution in [0.2, 0.25) is 0 Å². The largest absolute Gasteiger partial charge is 0.337 e. The highest BCUT2D eigenvalue weighted by Gasteiger charge is 2.22. The van der Waals surface area contributed by atoms with Gasteiger partial charge < -0.3 is 4.57 Å². The van der Waals surface area contributed by atoms with Crippen molar-refractivity contribution in [2.45, 2.75) is 33.2 Å². The molecule has 2 rings (SSSR count). The fourth-order valence-electron chi connectivity index (χ4n) is 2.53. The lowest BCUT2D eigenvalue weighted by atomic mass is 9.88. The maximum absolute atomic E-state index is 4.40. The third-order valence-corrected chi connectivity index (χ3v) is 3.77. The van der Waals surface area contributed by atoms with Crippen LogP contribution in [-0.2, 0) is 13.6 Å². The molecule has 0 bridgehead atoms. The fourth-order valence-corrected chi connectivity index (χ4v) is 2.53. The first kappa shape index (κ1) is 11.6. The number of rotatable bonds is 3. The van der Waals surface area contributed by atoms with Crippen LogP contribution in [0.3, 0.4) is 0 Å². The number of hydrogen-bond acceptors (Lipinski definition) is 2. The predicted octanol–water partition coefficient (Wildman–Crippen LogP) is 2.29. The van der Waals surface area contributed by atoms with Gasteiger partial charge in [-0.25, -0.2) is 4.98 Å². The normalized spacial score (nSPS) is 22.9. The first-order valence-electron chi connectivity index (χ1n) is 6.35. The highest BCUT2D eigenvalue weighted by Crippen LogP contribution is 2.24. The maximum Gasteiger partial charge on any atom is 0.122 e. The summed E-state index contributed by atoms with van der Waals surface area (Å²) in [5, 5.41) is 0. The van der Waals surface area contributed by atoms with Crippen molar-refractivity contribution in [1.82, 2.24) is 14.5 Å². The number of nitrogens with zero attached hydrogens (tertiary/aromatic N) is 3. The van der Waals surface area contributed by atoms with Crippen molar-refractivity contribution in [2.24, 2.45) is 18.9 Å². The molecule has 1 aromatic rings. The van der Waals surface area contributed by atoms with E-state index >= 15 is 0 Å². The van der Waals surface area contributed by atoms with Gasteiger partial charge in [-0.15, -0.1) is 0 Å². The van der Waals surface area contributed by atoms with Gasteiger partial charge >= 0.3 is 0 Å². The summed E-state index contributed by atoms with van der Waals surface area (Å²) >= 11 is 0. The van der Waals surface area contributed by atoms with Gasteiger partial charge in [-0.3, -0.25) is 4.90 Å². The molecular formula is C13H23N3. The molecule has 3 nitrogen and oxygen atoms in total. The molecule has 1 fully saturated rings. The zero-order valence-electron chi connectivity index (χ0n) is 10.7. The van der Waals surface area contributed by atoms with Crippen LogP contribution in [-0.4, -0.2) is 27.5 Å². The van der Waals surface area contributed by atoms with Gasteiger partial charge in [-0.2, -0.15) is 0 Å². The molecule has 90 valence electrons. The lowest BCUT2D eigenvalue weighted by molar-refractivity contribution is 0.135. The van der Waals surface area contributed by atoms with Gasteiger partial charge in [-0.1, -0.05) is 13.8 Å². The van der Waals surface area contributed by atoms with E-state index < -0.39 is 0 Å². The highest BCUT2D eigenvalue weighted by atomic mass is 15.2. The first-order chi connectivity index (χ1) is 7.66. The second-order valence-corrected chi connectivity index (χ2v) is 5.34. The van der Waals surface area contributed by atoms with Crippen molar-refractivity contribution in [1.29, 1.82) is 0 Å². The summed E-state index contributed by atoms with van der Waals surface area (Å²) in [7, 11) is 2.08. The molecule has 1 aliphatic heterocycles. The minimum atomic E-state index is 0.809. The predicted molar refractivity (Wildman–Crippen MR) is 66.0 cm³/mol. The van der Waals surface area contributed by atoms with Crippen LogP contribution in [0.25, 0.3) is 0 Å². The van der Waals surface area contributed by atoms with E-state index in [2.05, 4.69) is 35.3 Å². The van der Waals surface area contributed by atoms with Crippen LogP contribution in [0, 0.1) is 11.8 Å².